The molecular weight excluding hydrogens is 244 g/mol. The van der Waals surface area contributed by atoms with Crippen molar-refractivity contribution < 1.29 is 14.7 Å². The Hall–Kier alpha value is -2.04. The Balaban J connectivity index is 1.57. The molecule has 1 fully saturated rings. The fourth-order valence-electron chi connectivity index (χ4n) is 2.45. The fourth-order valence-corrected chi connectivity index (χ4v) is 2.45. The molecule has 1 aliphatic heterocycles. The molecule has 0 saturated heterocycles. The zero-order valence-electron chi connectivity index (χ0n) is 10.5. The lowest BCUT2D eigenvalue weighted by atomic mass is 10.1. The molecule has 5 nitrogen and oxygen atoms in total. The first-order chi connectivity index (χ1) is 9.11. The van der Waals surface area contributed by atoms with Gasteiger partial charge in [0.15, 0.2) is 0 Å². The molecule has 1 amide bonds. The Morgan fingerprint density at radius 3 is 2.74 bits per heavy atom. The maximum atomic E-state index is 12.0. The monoisotopic (exact) mass is 260 g/mol. The third kappa shape index (κ3) is 2.16. The number of carboxylic acids is 1. The van der Waals surface area contributed by atoms with E-state index in [1.807, 2.05) is 24.3 Å². The molecule has 0 spiro atoms. The van der Waals surface area contributed by atoms with E-state index in [1.54, 1.807) is 0 Å². The van der Waals surface area contributed by atoms with E-state index in [2.05, 4.69) is 10.6 Å². The third-order valence-electron chi connectivity index (χ3n) is 4.00. The van der Waals surface area contributed by atoms with Crippen LogP contribution in [0, 0.1) is 5.41 Å². The largest absolute Gasteiger partial charge is 0.481 e. The maximum absolute atomic E-state index is 12.0. The lowest BCUT2D eigenvalue weighted by Crippen LogP contribution is -2.42. The van der Waals surface area contributed by atoms with Gasteiger partial charge >= 0.3 is 5.97 Å². The Morgan fingerprint density at radius 1 is 1.37 bits per heavy atom. The molecule has 0 aromatic heterocycles. The summed E-state index contributed by atoms with van der Waals surface area (Å²) in [7, 11) is 0. The van der Waals surface area contributed by atoms with E-state index in [4.69, 9.17) is 5.11 Å². The molecule has 1 aromatic rings. The molecular formula is C14H16N2O3. The van der Waals surface area contributed by atoms with E-state index < -0.39 is 11.4 Å². The Morgan fingerprint density at radius 2 is 2.11 bits per heavy atom. The number of amides is 1. The number of rotatable bonds is 4. The van der Waals surface area contributed by atoms with Gasteiger partial charge in [-0.3, -0.25) is 9.59 Å². The average Bonchev–Trinajstić information content (AvgIpc) is 3.07. The van der Waals surface area contributed by atoms with E-state index in [1.165, 1.54) is 0 Å². The van der Waals surface area contributed by atoms with Crippen molar-refractivity contribution in [3.63, 3.8) is 0 Å². The second-order valence-electron chi connectivity index (χ2n) is 5.36. The first-order valence-electron chi connectivity index (χ1n) is 6.46. The first-order valence-corrected chi connectivity index (χ1v) is 6.46. The van der Waals surface area contributed by atoms with Crippen molar-refractivity contribution in [2.24, 2.45) is 5.41 Å². The second-order valence-corrected chi connectivity index (χ2v) is 5.36. The van der Waals surface area contributed by atoms with Gasteiger partial charge in [-0.2, -0.15) is 0 Å². The smallest absolute Gasteiger partial charge is 0.311 e. The highest BCUT2D eigenvalue weighted by Gasteiger charge is 2.50. The number of fused-ring (bicyclic) bond motifs is 1. The Bertz CT molecular complexity index is 512. The lowest BCUT2D eigenvalue weighted by molar-refractivity contribution is -0.143. The van der Waals surface area contributed by atoms with Gasteiger partial charge in [-0.05, 0) is 24.5 Å². The molecule has 1 aromatic carbocycles. The summed E-state index contributed by atoms with van der Waals surface area (Å²) in [5.74, 6) is -0.931. The van der Waals surface area contributed by atoms with Crippen LogP contribution in [0.1, 0.15) is 18.4 Å². The zero-order valence-corrected chi connectivity index (χ0v) is 10.5. The highest BCUT2D eigenvalue weighted by molar-refractivity contribution is 5.88. The van der Waals surface area contributed by atoms with E-state index in [9.17, 15) is 9.59 Å². The van der Waals surface area contributed by atoms with Crippen molar-refractivity contribution in [3.05, 3.63) is 29.8 Å². The van der Waals surface area contributed by atoms with Gasteiger partial charge in [0, 0.05) is 18.7 Å². The van der Waals surface area contributed by atoms with E-state index in [0.29, 0.717) is 19.3 Å². The molecule has 3 N–H and O–H groups in total. The van der Waals surface area contributed by atoms with Gasteiger partial charge in [-0.25, -0.2) is 0 Å². The molecule has 100 valence electrons. The SMILES string of the molecule is O=C(NCC1(C(=O)O)CC1)[C@@H]1Cc2ccccc2N1. The highest BCUT2D eigenvalue weighted by Crippen LogP contribution is 2.45. The summed E-state index contributed by atoms with van der Waals surface area (Å²) in [5.41, 5.74) is 1.41. The Labute approximate surface area is 111 Å². The van der Waals surface area contributed by atoms with Gasteiger partial charge in [0.05, 0.1) is 5.41 Å². The van der Waals surface area contributed by atoms with Crippen LogP contribution in [0.4, 0.5) is 5.69 Å². The van der Waals surface area contributed by atoms with Crippen molar-refractivity contribution in [1.29, 1.82) is 0 Å². The van der Waals surface area contributed by atoms with Gasteiger partial charge in [0.25, 0.3) is 0 Å². The number of anilines is 1. The topological polar surface area (TPSA) is 78.4 Å². The summed E-state index contributed by atoms with van der Waals surface area (Å²) in [6, 6.07) is 7.53. The summed E-state index contributed by atoms with van der Waals surface area (Å²) >= 11 is 0. The molecule has 19 heavy (non-hydrogen) atoms. The molecule has 0 radical (unpaired) electrons. The minimum atomic E-state index is -0.810. The summed E-state index contributed by atoms with van der Waals surface area (Å²) in [6.07, 6.45) is 1.96. The van der Waals surface area contributed by atoms with Crippen LogP contribution in [0.5, 0.6) is 0 Å². The number of aliphatic carboxylic acids is 1. The van der Waals surface area contributed by atoms with Gasteiger partial charge < -0.3 is 15.7 Å². The van der Waals surface area contributed by atoms with Crippen LogP contribution in [-0.2, 0) is 16.0 Å². The van der Waals surface area contributed by atoms with Crippen LogP contribution in [0.15, 0.2) is 24.3 Å². The van der Waals surface area contributed by atoms with Crippen LogP contribution >= 0.6 is 0 Å². The van der Waals surface area contributed by atoms with Crippen LogP contribution in [-0.4, -0.2) is 29.6 Å². The molecule has 3 rings (SSSR count). The quantitative estimate of drug-likeness (QED) is 0.754. The van der Waals surface area contributed by atoms with Crippen LogP contribution < -0.4 is 10.6 Å². The maximum Gasteiger partial charge on any atom is 0.311 e. The van der Waals surface area contributed by atoms with Crippen LogP contribution in [0.3, 0.4) is 0 Å². The van der Waals surface area contributed by atoms with Gasteiger partial charge in [-0.1, -0.05) is 18.2 Å². The lowest BCUT2D eigenvalue weighted by Gasteiger charge is -2.15. The number of benzene rings is 1. The standard InChI is InChI=1S/C14H16N2O3/c17-12(15-8-14(5-6-14)13(18)19)11-7-9-3-1-2-4-10(9)16-11/h1-4,11,16H,5-8H2,(H,15,17)(H,18,19)/t11-/m0/s1. The van der Waals surface area contributed by atoms with Crippen molar-refractivity contribution in [3.8, 4) is 0 Å². The molecule has 5 heteroatoms. The third-order valence-corrected chi connectivity index (χ3v) is 4.00. The summed E-state index contributed by atoms with van der Waals surface area (Å²) in [4.78, 5) is 23.1. The number of nitrogens with one attached hydrogen (secondary N) is 2. The number of carbonyl (C=O) groups excluding carboxylic acids is 1. The minimum absolute atomic E-state index is 0.122. The van der Waals surface area contributed by atoms with E-state index in [0.717, 1.165) is 11.3 Å². The summed E-state index contributed by atoms with van der Waals surface area (Å²) in [5, 5.41) is 15.0. The average molecular weight is 260 g/mol. The number of carbonyl (C=O) groups is 2. The van der Waals surface area contributed by atoms with Crippen LogP contribution in [0.2, 0.25) is 0 Å². The number of para-hydroxylation sites is 1. The summed E-state index contributed by atoms with van der Waals surface area (Å²) in [6.45, 7) is 0.232. The van der Waals surface area contributed by atoms with Gasteiger partial charge in [0.1, 0.15) is 6.04 Å². The van der Waals surface area contributed by atoms with Crippen LogP contribution in [0.25, 0.3) is 0 Å². The van der Waals surface area contributed by atoms with E-state index in [-0.39, 0.29) is 18.5 Å². The molecule has 1 heterocycles. The molecule has 0 unspecified atom stereocenters. The molecule has 2 aliphatic rings. The zero-order chi connectivity index (χ0) is 13.5. The Kier molecular flexibility index (Phi) is 2.69. The second kappa shape index (κ2) is 4.26. The molecule has 0 bridgehead atoms. The van der Waals surface area contributed by atoms with Gasteiger partial charge in [-0.15, -0.1) is 0 Å². The van der Waals surface area contributed by atoms with Gasteiger partial charge in [0.2, 0.25) is 5.91 Å². The number of hydrogen-bond donors (Lipinski definition) is 3. The minimum Gasteiger partial charge on any atom is -0.481 e. The van der Waals surface area contributed by atoms with Crippen molar-refractivity contribution in [1.82, 2.24) is 5.32 Å². The normalized spacial score (nSPS) is 22.2. The van der Waals surface area contributed by atoms with Crippen molar-refractivity contribution in [2.75, 3.05) is 11.9 Å². The molecule has 1 aliphatic carbocycles. The van der Waals surface area contributed by atoms with E-state index >= 15 is 0 Å². The predicted molar refractivity (Wildman–Crippen MR) is 69.9 cm³/mol. The first kappa shape index (κ1) is 12.0. The van der Waals surface area contributed by atoms with Crippen molar-refractivity contribution in [2.45, 2.75) is 25.3 Å². The molecule has 1 saturated carbocycles. The predicted octanol–water partition coefficient (Wildman–Crippen LogP) is 1.00. The highest BCUT2D eigenvalue weighted by atomic mass is 16.4. The number of hydrogen-bond acceptors (Lipinski definition) is 3. The molecule has 1 atom stereocenters. The van der Waals surface area contributed by atoms with Crippen molar-refractivity contribution >= 4 is 17.6 Å². The summed E-state index contributed by atoms with van der Waals surface area (Å²) < 4.78 is 0. The fraction of sp³-hybridized carbons (Fsp3) is 0.429. The number of carboxylic acid groups (broad SMARTS) is 1.